The third kappa shape index (κ3) is 4.59. The van der Waals surface area contributed by atoms with Gasteiger partial charge in [-0.15, -0.1) is 0 Å². The van der Waals surface area contributed by atoms with Gasteiger partial charge in [0.25, 0.3) is 0 Å². The lowest BCUT2D eigenvalue weighted by Gasteiger charge is -2.52. The zero-order chi connectivity index (χ0) is 28.8. The first kappa shape index (κ1) is 27.4. The maximum atomic E-state index is 13.5. The average Bonchev–Trinajstić information content (AvgIpc) is 3.38. The Balaban J connectivity index is 1.31. The first-order chi connectivity index (χ1) is 19.9. The number of para-hydroxylation sites is 1. The number of aliphatic hydroxyl groups excluding tert-OH is 1. The minimum Gasteiger partial charge on any atom is -0.493 e. The van der Waals surface area contributed by atoms with E-state index in [1.54, 1.807) is 0 Å². The van der Waals surface area contributed by atoms with Crippen LogP contribution in [0.15, 0.2) is 36.4 Å². The highest BCUT2D eigenvalue weighted by Gasteiger charge is 2.54. The van der Waals surface area contributed by atoms with Gasteiger partial charge < -0.3 is 33.8 Å². The van der Waals surface area contributed by atoms with Crippen molar-refractivity contribution in [1.82, 2.24) is 9.88 Å². The van der Waals surface area contributed by atoms with Crippen LogP contribution in [0.1, 0.15) is 40.5 Å². The molecular formula is C31H36N2O8. The van der Waals surface area contributed by atoms with Crippen molar-refractivity contribution in [2.75, 3.05) is 41.5 Å². The maximum absolute atomic E-state index is 13.5. The van der Waals surface area contributed by atoms with Crippen LogP contribution in [0.25, 0.3) is 10.9 Å². The van der Waals surface area contributed by atoms with Gasteiger partial charge in [-0.1, -0.05) is 18.2 Å². The van der Waals surface area contributed by atoms with Gasteiger partial charge in [0.05, 0.1) is 52.1 Å². The molecule has 0 radical (unpaired) electrons. The van der Waals surface area contributed by atoms with Crippen LogP contribution in [0, 0.1) is 17.8 Å². The first-order valence-corrected chi connectivity index (χ1v) is 14.0. The van der Waals surface area contributed by atoms with Crippen LogP contribution in [0.5, 0.6) is 17.2 Å². The van der Waals surface area contributed by atoms with Crippen molar-refractivity contribution < 1.29 is 38.4 Å². The molecule has 3 aliphatic rings. The number of hydrogen-bond donors (Lipinski definition) is 2. The molecule has 10 nitrogen and oxygen atoms in total. The van der Waals surface area contributed by atoms with E-state index in [4.69, 9.17) is 23.7 Å². The van der Waals surface area contributed by atoms with E-state index in [0.29, 0.717) is 30.1 Å². The fourth-order valence-electron chi connectivity index (χ4n) is 7.34. The Labute approximate surface area is 238 Å². The molecule has 1 aromatic heterocycles. The highest BCUT2D eigenvalue weighted by molar-refractivity contribution is 5.91. The Hall–Kier alpha value is -3.76. The van der Waals surface area contributed by atoms with Crippen LogP contribution in [-0.2, 0) is 20.7 Å². The molecule has 1 saturated heterocycles. The summed E-state index contributed by atoms with van der Waals surface area (Å²) < 4.78 is 27.3. The largest absolute Gasteiger partial charge is 0.493 e. The number of fused-ring (bicyclic) bond motifs is 6. The van der Waals surface area contributed by atoms with Crippen LogP contribution in [0.2, 0.25) is 0 Å². The van der Waals surface area contributed by atoms with Gasteiger partial charge in [-0.2, -0.15) is 0 Å². The number of aromatic nitrogens is 1. The summed E-state index contributed by atoms with van der Waals surface area (Å²) in [6.07, 6.45) is -0.0156. The molecule has 6 atom stereocenters. The van der Waals surface area contributed by atoms with Gasteiger partial charge >= 0.3 is 11.9 Å². The van der Waals surface area contributed by atoms with E-state index in [2.05, 4.69) is 28.1 Å². The Morgan fingerprint density at radius 2 is 1.73 bits per heavy atom. The topological polar surface area (TPSA) is 120 Å². The van der Waals surface area contributed by atoms with E-state index in [9.17, 15) is 14.7 Å². The summed E-state index contributed by atoms with van der Waals surface area (Å²) in [5.74, 6) is -1.13. The van der Waals surface area contributed by atoms with Crippen LogP contribution in [-0.4, -0.2) is 80.7 Å². The van der Waals surface area contributed by atoms with E-state index in [1.807, 2.05) is 6.07 Å². The number of esters is 2. The number of carbonyl (C=O) groups excluding carboxylic acids is 2. The smallest absolute Gasteiger partial charge is 0.338 e. The number of hydrogen-bond acceptors (Lipinski definition) is 9. The van der Waals surface area contributed by atoms with Crippen molar-refractivity contribution in [3.05, 3.63) is 53.2 Å². The number of benzene rings is 2. The van der Waals surface area contributed by atoms with Crippen molar-refractivity contribution in [1.29, 1.82) is 0 Å². The lowest BCUT2D eigenvalue weighted by Crippen LogP contribution is -2.58. The number of rotatable bonds is 6. The fourth-order valence-corrected chi connectivity index (χ4v) is 7.34. The molecule has 0 bridgehead atoms. The molecule has 6 rings (SSSR count). The molecule has 2 N–H and O–H groups in total. The molecule has 2 fully saturated rings. The van der Waals surface area contributed by atoms with E-state index in [0.717, 1.165) is 25.0 Å². The molecule has 3 heterocycles. The molecule has 2 aromatic carbocycles. The van der Waals surface area contributed by atoms with E-state index < -0.39 is 30.1 Å². The number of piperidine rings is 1. The third-order valence-electron chi connectivity index (χ3n) is 9.20. The molecule has 10 heteroatoms. The van der Waals surface area contributed by atoms with Gasteiger partial charge in [-0.25, -0.2) is 4.79 Å². The van der Waals surface area contributed by atoms with Gasteiger partial charge in [0, 0.05) is 29.7 Å². The monoisotopic (exact) mass is 564 g/mol. The number of aliphatic hydroxyl groups is 1. The second kappa shape index (κ2) is 10.9. The molecule has 0 amide bonds. The number of methoxy groups -OCH3 is 4. The summed E-state index contributed by atoms with van der Waals surface area (Å²) in [4.78, 5) is 32.9. The molecule has 1 saturated carbocycles. The van der Waals surface area contributed by atoms with Gasteiger partial charge in [0.2, 0.25) is 5.75 Å². The summed E-state index contributed by atoms with van der Waals surface area (Å²) in [6.45, 7) is 1.67. The molecule has 3 aromatic rings. The molecule has 0 spiro atoms. The lowest BCUT2D eigenvalue weighted by molar-refractivity contribution is -0.172. The summed E-state index contributed by atoms with van der Waals surface area (Å²) >= 11 is 0. The number of nitrogens with zero attached hydrogens (tertiary/aromatic N) is 1. The van der Waals surface area contributed by atoms with Gasteiger partial charge in [-0.05, 0) is 54.9 Å². The highest BCUT2D eigenvalue weighted by Crippen LogP contribution is 2.50. The normalized spacial score (nSPS) is 27.2. The van der Waals surface area contributed by atoms with Crippen molar-refractivity contribution in [3.8, 4) is 17.2 Å². The highest BCUT2D eigenvalue weighted by atomic mass is 16.6. The second-order valence-electron chi connectivity index (χ2n) is 11.1. The minimum atomic E-state index is -1.06. The van der Waals surface area contributed by atoms with Gasteiger partial charge in [0.15, 0.2) is 11.5 Å². The van der Waals surface area contributed by atoms with Crippen molar-refractivity contribution in [2.45, 2.75) is 37.5 Å². The number of nitrogens with one attached hydrogen (secondary N) is 1. The molecule has 2 aliphatic heterocycles. The van der Waals surface area contributed by atoms with Crippen LogP contribution >= 0.6 is 0 Å². The minimum absolute atomic E-state index is 0.0624. The van der Waals surface area contributed by atoms with Crippen LogP contribution < -0.4 is 14.2 Å². The number of ether oxygens (including phenoxy) is 5. The summed E-state index contributed by atoms with van der Waals surface area (Å²) in [7, 11) is 5.73. The van der Waals surface area contributed by atoms with Crippen molar-refractivity contribution in [3.63, 3.8) is 0 Å². The molecule has 1 aliphatic carbocycles. The van der Waals surface area contributed by atoms with E-state index >= 15 is 0 Å². The Morgan fingerprint density at radius 1 is 1.00 bits per heavy atom. The van der Waals surface area contributed by atoms with Gasteiger partial charge in [-0.3, -0.25) is 9.69 Å². The summed E-state index contributed by atoms with van der Waals surface area (Å²) in [5.41, 5.74) is 3.79. The molecular weight excluding hydrogens is 528 g/mol. The SMILES string of the molecule is COC(=O)[C@H]1[C@H]2C[C@H]3c4[nH]c5ccccc5c4CCN3C[C@H]2C[C@H](O)[C@@H]1OC(=O)c1cc(OC)c(OC)c(OC)c1. The number of aromatic amines is 1. The zero-order valence-electron chi connectivity index (χ0n) is 23.7. The Morgan fingerprint density at radius 3 is 2.41 bits per heavy atom. The third-order valence-corrected chi connectivity index (χ3v) is 9.20. The Bertz CT molecular complexity index is 1440. The average molecular weight is 565 g/mol. The standard InChI is InChI=1S/C31H36N2O8/c1-37-24-12-16(13-25(38-2)29(24)39-3)30(35)41-28-23(34)11-17-15-33-10-9-19-18-7-5-6-8-21(18)32-27(19)22(33)14-20(17)26(28)31(36)40-4/h5-8,12-13,17,20,22-23,26,28,32,34H,9-11,14-15H2,1-4H3/t17-,20+,22+,23+,26+,28+/m1/s1. The van der Waals surface area contributed by atoms with Crippen molar-refractivity contribution >= 4 is 22.8 Å². The van der Waals surface area contributed by atoms with Crippen LogP contribution in [0.3, 0.4) is 0 Å². The fraction of sp³-hybridized carbons (Fsp3) is 0.484. The second-order valence-corrected chi connectivity index (χ2v) is 11.1. The van der Waals surface area contributed by atoms with E-state index in [-0.39, 0.29) is 23.4 Å². The van der Waals surface area contributed by atoms with Gasteiger partial charge in [0.1, 0.15) is 6.10 Å². The lowest BCUT2D eigenvalue weighted by atomic mass is 9.64. The molecule has 0 unspecified atom stereocenters. The van der Waals surface area contributed by atoms with Crippen molar-refractivity contribution in [2.24, 2.45) is 17.8 Å². The summed E-state index contributed by atoms with van der Waals surface area (Å²) in [6, 6.07) is 11.4. The summed E-state index contributed by atoms with van der Waals surface area (Å²) in [5, 5.41) is 12.5. The first-order valence-electron chi connectivity index (χ1n) is 14.0. The van der Waals surface area contributed by atoms with E-state index in [1.165, 1.54) is 57.2 Å². The zero-order valence-corrected chi connectivity index (χ0v) is 23.7. The van der Waals surface area contributed by atoms with Crippen LogP contribution in [0.4, 0.5) is 0 Å². The molecule has 41 heavy (non-hydrogen) atoms. The maximum Gasteiger partial charge on any atom is 0.338 e. The predicted molar refractivity (Wildman–Crippen MR) is 149 cm³/mol. The quantitative estimate of drug-likeness (QED) is 0.434. The molecule has 218 valence electrons. The predicted octanol–water partition coefficient (Wildman–Crippen LogP) is 3.51. The number of H-pyrrole nitrogens is 1. The number of carbonyl (C=O) groups is 2. The Kier molecular flexibility index (Phi) is 7.29.